The van der Waals surface area contributed by atoms with Crippen LogP contribution in [-0.4, -0.2) is 36.5 Å². The average Bonchev–Trinajstić information content (AvgIpc) is 3.04. The lowest BCUT2D eigenvalue weighted by Crippen LogP contribution is -2.36. The summed E-state index contributed by atoms with van der Waals surface area (Å²) in [5, 5.41) is 0. The normalized spacial score (nSPS) is 19.2. The number of hydrogen-bond acceptors (Lipinski definition) is 4. The molecule has 1 spiro atoms. The van der Waals surface area contributed by atoms with Crippen LogP contribution in [0.25, 0.3) is 11.1 Å². The Balaban J connectivity index is 1.42. The largest absolute Gasteiger partial charge is 0.441 e. The molecule has 0 bridgehead atoms. The molecule has 2 aromatic rings. The highest BCUT2D eigenvalue weighted by molar-refractivity contribution is 5.71. The summed E-state index contributed by atoms with van der Waals surface area (Å²) in [4.78, 5) is 25.2. The summed E-state index contributed by atoms with van der Waals surface area (Å²) >= 11 is 0. The lowest BCUT2D eigenvalue weighted by Gasteiger charge is -2.30. The number of methoxy groups -OCH3 is 1. The zero-order chi connectivity index (χ0) is 20.3. The van der Waals surface area contributed by atoms with Crippen LogP contribution in [0.5, 0.6) is 0 Å². The first kappa shape index (κ1) is 19.6. The number of ether oxygens (including phenoxy) is 2. The van der Waals surface area contributed by atoms with Crippen LogP contribution < -0.4 is 0 Å². The van der Waals surface area contributed by atoms with Gasteiger partial charge in [-0.15, -0.1) is 0 Å². The topological polar surface area (TPSA) is 55.8 Å². The molecule has 5 heteroatoms. The third kappa shape index (κ3) is 4.20. The van der Waals surface area contributed by atoms with Gasteiger partial charge >= 0.3 is 6.09 Å². The van der Waals surface area contributed by atoms with E-state index < -0.39 is 6.10 Å². The Morgan fingerprint density at radius 1 is 1.03 bits per heavy atom. The van der Waals surface area contributed by atoms with Gasteiger partial charge in [0.2, 0.25) is 0 Å². The third-order valence-corrected chi connectivity index (χ3v) is 6.08. The zero-order valence-corrected chi connectivity index (χ0v) is 16.8. The van der Waals surface area contributed by atoms with Gasteiger partial charge in [0.1, 0.15) is 11.7 Å². The van der Waals surface area contributed by atoms with Crippen LogP contribution in [0.3, 0.4) is 0 Å². The molecule has 29 heavy (non-hydrogen) atoms. The maximum atomic E-state index is 12.3. The van der Waals surface area contributed by atoms with Gasteiger partial charge in [-0.2, -0.15) is 0 Å². The fourth-order valence-electron chi connectivity index (χ4n) is 4.43. The molecule has 152 valence electrons. The van der Waals surface area contributed by atoms with Gasteiger partial charge in [-0.3, -0.25) is 4.90 Å². The quantitative estimate of drug-likeness (QED) is 0.656. The predicted octanol–water partition coefficient (Wildman–Crippen LogP) is 4.90. The second-order valence-corrected chi connectivity index (χ2v) is 8.08. The van der Waals surface area contributed by atoms with E-state index in [-0.39, 0.29) is 11.7 Å². The molecule has 2 fully saturated rings. The van der Waals surface area contributed by atoms with Crippen molar-refractivity contribution in [3.63, 3.8) is 0 Å². The van der Waals surface area contributed by atoms with Crippen LogP contribution in [0.15, 0.2) is 48.5 Å². The molecule has 0 radical (unpaired) electrons. The molecule has 1 saturated carbocycles. The van der Waals surface area contributed by atoms with Crippen LogP contribution >= 0.6 is 0 Å². The summed E-state index contributed by atoms with van der Waals surface area (Å²) in [6.45, 7) is 1.28. The van der Waals surface area contributed by atoms with Crippen molar-refractivity contribution in [3.8, 4) is 11.1 Å². The van der Waals surface area contributed by atoms with Crippen molar-refractivity contribution in [2.45, 2.75) is 50.4 Å². The number of nitrogens with zero attached hydrogens (tertiary/aromatic N) is 1. The van der Waals surface area contributed by atoms with E-state index in [0.717, 1.165) is 54.2 Å². The van der Waals surface area contributed by atoms with Crippen molar-refractivity contribution in [1.82, 2.24) is 4.90 Å². The Hall–Kier alpha value is -2.66. The number of amides is 1. The van der Waals surface area contributed by atoms with E-state index in [4.69, 9.17) is 9.47 Å². The Morgan fingerprint density at radius 2 is 1.66 bits per heavy atom. The molecule has 1 atom stereocenters. The van der Waals surface area contributed by atoms with Gasteiger partial charge in [-0.25, -0.2) is 4.79 Å². The summed E-state index contributed by atoms with van der Waals surface area (Å²) in [7, 11) is 1.53. The van der Waals surface area contributed by atoms with E-state index >= 15 is 0 Å². The molecule has 4 rings (SSSR count). The Bertz CT molecular complexity index is 853. The van der Waals surface area contributed by atoms with Crippen molar-refractivity contribution < 1.29 is 19.1 Å². The molecule has 1 aliphatic heterocycles. The van der Waals surface area contributed by atoms with E-state index in [1.165, 1.54) is 13.5 Å². The van der Waals surface area contributed by atoms with Gasteiger partial charge in [-0.05, 0) is 47.9 Å². The van der Waals surface area contributed by atoms with Crippen LogP contribution in [0.2, 0.25) is 0 Å². The first-order valence-electron chi connectivity index (χ1n) is 10.3. The van der Waals surface area contributed by atoms with Gasteiger partial charge in [0.15, 0.2) is 6.29 Å². The molecule has 1 heterocycles. The van der Waals surface area contributed by atoms with Crippen molar-refractivity contribution in [2.75, 3.05) is 13.7 Å². The minimum atomic E-state index is -0.529. The molecule has 1 saturated heterocycles. The number of carbonyl (C=O) groups is 2. The number of aldehydes is 1. The van der Waals surface area contributed by atoms with Gasteiger partial charge < -0.3 is 14.3 Å². The highest BCUT2D eigenvalue weighted by Gasteiger charge is 2.45. The van der Waals surface area contributed by atoms with Gasteiger partial charge in [-0.1, -0.05) is 55.0 Å². The highest BCUT2D eigenvalue weighted by Crippen LogP contribution is 2.37. The van der Waals surface area contributed by atoms with Crippen LogP contribution in [-0.2, 0) is 20.8 Å². The molecule has 5 nitrogen and oxygen atoms in total. The summed E-state index contributed by atoms with van der Waals surface area (Å²) in [5.74, 6) is 0. The fourth-order valence-corrected chi connectivity index (χ4v) is 4.43. The molecular weight excluding hydrogens is 366 g/mol. The maximum absolute atomic E-state index is 12.3. The van der Waals surface area contributed by atoms with Crippen molar-refractivity contribution in [1.29, 1.82) is 0 Å². The smallest absolute Gasteiger partial charge is 0.410 e. The molecule has 0 N–H and O–H groups in total. The molecule has 1 amide bonds. The summed E-state index contributed by atoms with van der Waals surface area (Å²) in [6.07, 6.45) is 5.58. The van der Waals surface area contributed by atoms with E-state index in [9.17, 15) is 9.59 Å². The molecule has 0 aromatic heterocycles. The third-order valence-electron chi connectivity index (χ3n) is 6.08. The second kappa shape index (κ2) is 8.37. The SMILES string of the molecule is COC(C=O)c1ccc(-c2ccc(CN3CC4(CCCCC4)OC3=O)cc2)cc1. The van der Waals surface area contributed by atoms with Gasteiger partial charge in [0, 0.05) is 13.7 Å². The maximum Gasteiger partial charge on any atom is 0.410 e. The lowest BCUT2D eigenvalue weighted by molar-refractivity contribution is -0.116. The number of carbonyl (C=O) groups excluding carboxylic acids is 2. The van der Waals surface area contributed by atoms with E-state index in [2.05, 4.69) is 24.3 Å². The minimum Gasteiger partial charge on any atom is -0.441 e. The van der Waals surface area contributed by atoms with E-state index in [1.54, 1.807) is 0 Å². The van der Waals surface area contributed by atoms with Crippen molar-refractivity contribution >= 4 is 12.4 Å². The fraction of sp³-hybridized carbons (Fsp3) is 0.417. The van der Waals surface area contributed by atoms with Crippen molar-refractivity contribution in [2.24, 2.45) is 0 Å². The molecular formula is C24H27NO4. The summed E-state index contributed by atoms with van der Waals surface area (Å²) in [5.41, 5.74) is 3.84. The Labute approximate surface area is 171 Å². The monoisotopic (exact) mass is 393 g/mol. The number of hydrogen-bond donors (Lipinski definition) is 0. The Kier molecular flexibility index (Phi) is 5.67. The van der Waals surface area contributed by atoms with Crippen LogP contribution in [0, 0.1) is 0 Å². The summed E-state index contributed by atoms with van der Waals surface area (Å²) in [6, 6.07) is 16.1. The lowest BCUT2D eigenvalue weighted by atomic mass is 9.85. The minimum absolute atomic E-state index is 0.186. The molecule has 1 aliphatic carbocycles. The standard InChI is InChI=1S/C24H27NO4/c1-28-22(16-26)21-11-9-20(10-12-21)19-7-5-18(6-8-19)15-25-17-24(29-23(25)27)13-3-2-4-14-24/h5-12,16,22H,2-4,13-15,17H2,1H3. The summed E-state index contributed by atoms with van der Waals surface area (Å²) < 4.78 is 10.9. The second-order valence-electron chi connectivity index (χ2n) is 8.08. The molecule has 2 aromatic carbocycles. The predicted molar refractivity (Wildman–Crippen MR) is 110 cm³/mol. The Morgan fingerprint density at radius 3 is 2.24 bits per heavy atom. The molecule has 1 unspecified atom stereocenters. The number of rotatable bonds is 6. The van der Waals surface area contributed by atoms with Crippen LogP contribution in [0.1, 0.15) is 49.3 Å². The average molecular weight is 393 g/mol. The van der Waals surface area contributed by atoms with Gasteiger partial charge in [0.25, 0.3) is 0 Å². The first-order valence-corrected chi connectivity index (χ1v) is 10.3. The van der Waals surface area contributed by atoms with Gasteiger partial charge in [0.05, 0.1) is 6.54 Å². The first-order chi connectivity index (χ1) is 14.1. The number of benzene rings is 2. The van der Waals surface area contributed by atoms with E-state index in [1.807, 2.05) is 29.2 Å². The molecule has 2 aliphatic rings. The highest BCUT2D eigenvalue weighted by atomic mass is 16.6. The zero-order valence-electron chi connectivity index (χ0n) is 16.8. The van der Waals surface area contributed by atoms with Crippen LogP contribution in [0.4, 0.5) is 4.79 Å². The van der Waals surface area contributed by atoms with Crippen molar-refractivity contribution in [3.05, 3.63) is 59.7 Å². The van der Waals surface area contributed by atoms with E-state index in [0.29, 0.717) is 13.1 Å².